The third-order valence-electron chi connectivity index (χ3n) is 5.00. The number of hydrogen-bond donors (Lipinski definition) is 1. The molecule has 0 atom stereocenters. The lowest BCUT2D eigenvalue weighted by atomic mass is 10.0. The zero-order chi connectivity index (χ0) is 23.0. The van der Waals surface area contributed by atoms with Crippen LogP contribution in [0.3, 0.4) is 0 Å². The third-order valence-corrected chi connectivity index (χ3v) is 5.00. The quantitative estimate of drug-likeness (QED) is 0.447. The van der Waals surface area contributed by atoms with Crippen molar-refractivity contribution in [3.8, 4) is 11.1 Å². The van der Waals surface area contributed by atoms with Gasteiger partial charge >= 0.3 is 6.18 Å². The number of hydrogen-bond acceptors (Lipinski definition) is 4. The van der Waals surface area contributed by atoms with Gasteiger partial charge in [0.25, 0.3) is 5.91 Å². The van der Waals surface area contributed by atoms with E-state index in [1.54, 1.807) is 19.1 Å². The molecule has 164 valence electrons. The van der Waals surface area contributed by atoms with Crippen molar-refractivity contribution >= 4 is 17.2 Å². The van der Waals surface area contributed by atoms with Gasteiger partial charge in [0.15, 0.2) is 11.3 Å². The Kier molecular flexibility index (Phi) is 5.37. The van der Waals surface area contributed by atoms with Crippen LogP contribution in [0, 0.1) is 12.7 Å². The van der Waals surface area contributed by atoms with Gasteiger partial charge < -0.3 is 5.32 Å². The van der Waals surface area contributed by atoms with Crippen molar-refractivity contribution in [2.75, 3.05) is 5.32 Å². The van der Waals surface area contributed by atoms with Crippen molar-refractivity contribution in [3.05, 3.63) is 77.0 Å². The molecule has 0 aliphatic rings. The van der Waals surface area contributed by atoms with Gasteiger partial charge in [0.1, 0.15) is 5.82 Å². The molecule has 32 heavy (non-hydrogen) atoms. The van der Waals surface area contributed by atoms with Crippen molar-refractivity contribution in [2.24, 2.45) is 0 Å². The number of benzene rings is 2. The van der Waals surface area contributed by atoms with E-state index < -0.39 is 17.6 Å². The number of carbonyl (C=O) groups is 1. The molecule has 2 heterocycles. The van der Waals surface area contributed by atoms with Crippen LogP contribution in [0.5, 0.6) is 0 Å². The van der Waals surface area contributed by atoms with Gasteiger partial charge in [-0.05, 0) is 43.2 Å². The molecular weight excluding hydrogens is 426 g/mol. The van der Waals surface area contributed by atoms with Crippen LogP contribution in [0.4, 0.5) is 23.2 Å². The average Bonchev–Trinajstić information content (AvgIpc) is 3.14. The van der Waals surface area contributed by atoms with E-state index in [4.69, 9.17) is 0 Å². The van der Waals surface area contributed by atoms with Gasteiger partial charge in [0.05, 0.1) is 28.2 Å². The lowest BCUT2D eigenvalue weighted by Gasteiger charge is -2.13. The highest BCUT2D eigenvalue weighted by Crippen LogP contribution is 2.35. The summed E-state index contributed by atoms with van der Waals surface area (Å²) in [5, 5.41) is 14.8. The smallest absolute Gasteiger partial charge is 0.320 e. The Labute approximate surface area is 179 Å². The minimum Gasteiger partial charge on any atom is -0.320 e. The Morgan fingerprint density at radius 1 is 1.06 bits per heavy atom. The minimum atomic E-state index is -4.63. The van der Waals surface area contributed by atoms with Crippen LogP contribution >= 0.6 is 0 Å². The fourth-order valence-corrected chi connectivity index (χ4v) is 3.44. The van der Waals surface area contributed by atoms with Gasteiger partial charge in [0.2, 0.25) is 0 Å². The molecule has 2 aromatic carbocycles. The highest BCUT2D eigenvalue weighted by atomic mass is 19.4. The molecule has 6 nitrogen and oxygen atoms in total. The maximum atomic E-state index is 13.3. The zero-order valence-corrected chi connectivity index (χ0v) is 17.0. The van der Waals surface area contributed by atoms with Crippen molar-refractivity contribution < 1.29 is 22.4 Å². The summed E-state index contributed by atoms with van der Waals surface area (Å²) in [6, 6.07) is 10.5. The van der Waals surface area contributed by atoms with E-state index in [1.165, 1.54) is 28.8 Å². The van der Waals surface area contributed by atoms with Crippen LogP contribution in [-0.4, -0.2) is 25.7 Å². The normalized spacial score (nSPS) is 11.7. The maximum absolute atomic E-state index is 13.3. The predicted molar refractivity (Wildman–Crippen MR) is 110 cm³/mol. The SMILES string of the molecule is CCc1nn2c(C)c(C(=O)Nc3ccccc3C(F)(F)F)nnc2c1-c1ccc(F)cc1. The second-order valence-electron chi connectivity index (χ2n) is 7.05. The van der Waals surface area contributed by atoms with Crippen LogP contribution in [0.25, 0.3) is 16.8 Å². The van der Waals surface area contributed by atoms with Gasteiger partial charge in [-0.1, -0.05) is 31.2 Å². The molecule has 4 rings (SSSR count). The van der Waals surface area contributed by atoms with Crippen molar-refractivity contribution in [3.63, 3.8) is 0 Å². The highest BCUT2D eigenvalue weighted by molar-refractivity contribution is 6.04. The summed E-state index contributed by atoms with van der Waals surface area (Å²) >= 11 is 0. The predicted octanol–water partition coefficient (Wildman–Crippen LogP) is 5.07. The molecule has 0 unspecified atom stereocenters. The topological polar surface area (TPSA) is 72.2 Å². The molecule has 1 N–H and O–H groups in total. The number of anilines is 1. The third kappa shape index (κ3) is 3.79. The maximum Gasteiger partial charge on any atom is 0.418 e. The molecule has 1 amide bonds. The summed E-state index contributed by atoms with van der Waals surface area (Å²) in [6.07, 6.45) is -4.09. The summed E-state index contributed by atoms with van der Waals surface area (Å²) in [5.74, 6) is -1.23. The van der Waals surface area contributed by atoms with Crippen molar-refractivity contribution in [2.45, 2.75) is 26.4 Å². The zero-order valence-electron chi connectivity index (χ0n) is 17.0. The summed E-state index contributed by atoms with van der Waals surface area (Å²) in [6.45, 7) is 3.46. The number of aryl methyl sites for hydroxylation is 2. The van der Waals surface area contributed by atoms with E-state index in [2.05, 4.69) is 20.6 Å². The molecule has 0 fully saturated rings. The fraction of sp³-hybridized carbons (Fsp3) is 0.182. The summed E-state index contributed by atoms with van der Waals surface area (Å²) in [7, 11) is 0. The van der Waals surface area contributed by atoms with E-state index in [-0.39, 0.29) is 17.2 Å². The first-order valence-electron chi connectivity index (χ1n) is 9.69. The second kappa shape index (κ2) is 8.03. The summed E-state index contributed by atoms with van der Waals surface area (Å²) in [4.78, 5) is 12.8. The molecule has 0 saturated heterocycles. The van der Waals surface area contributed by atoms with Crippen LogP contribution in [-0.2, 0) is 12.6 Å². The van der Waals surface area contributed by atoms with Crippen LogP contribution in [0.15, 0.2) is 48.5 Å². The number of nitrogens with one attached hydrogen (secondary N) is 1. The Hall–Kier alpha value is -3.82. The molecule has 2 aromatic heterocycles. The van der Waals surface area contributed by atoms with Crippen molar-refractivity contribution in [1.82, 2.24) is 19.8 Å². The van der Waals surface area contributed by atoms with Gasteiger partial charge in [-0.2, -0.15) is 18.3 Å². The molecule has 0 radical (unpaired) electrons. The van der Waals surface area contributed by atoms with Gasteiger partial charge in [-0.15, -0.1) is 10.2 Å². The average molecular weight is 443 g/mol. The molecule has 0 aliphatic heterocycles. The molecule has 0 aliphatic carbocycles. The van der Waals surface area contributed by atoms with Gasteiger partial charge in [0, 0.05) is 0 Å². The number of amides is 1. The molecule has 4 aromatic rings. The molecule has 0 spiro atoms. The number of halogens is 4. The standard InChI is InChI=1S/C22H17F4N5O/c1-3-16-18(13-8-10-14(23)11-9-13)20-29-28-19(12(2)31(20)30-16)21(32)27-17-7-5-4-6-15(17)22(24,25)26/h4-11H,3H2,1-2H3,(H,27,32). The number of aromatic nitrogens is 4. The Morgan fingerprint density at radius 2 is 1.75 bits per heavy atom. The largest absolute Gasteiger partial charge is 0.418 e. The second-order valence-corrected chi connectivity index (χ2v) is 7.05. The molecule has 10 heteroatoms. The van der Waals surface area contributed by atoms with Crippen LogP contribution in [0.2, 0.25) is 0 Å². The monoisotopic (exact) mass is 443 g/mol. The number of carbonyl (C=O) groups excluding carboxylic acids is 1. The van der Waals surface area contributed by atoms with Crippen LogP contribution in [0.1, 0.15) is 34.4 Å². The number of alkyl halides is 3. The number of fused-ring (bicyclic) bond motifs is 1. The van der Waals surface area contributed by atoms with E-state index in [0.29, 0.717) is 34.6 Å². The first-order chi connectivity index (χ1) is 15.2. The fourth-order valence-electron chi connectivity index (χ4n) is 3.44. The molecular formula is C22H17F4N5O. The van der Waals surface area contributed by atoms with Gasteiger partial charge in [-0.25, -0.2) is 8.91 Å². The number of para-hydroxylation sites is 1. The summed E-state index contributed by atoms with van der Waals surface area (Å²) < 4.78 is 54.5. The number of nitrogens with zero attached hydrogens (tertiary/aromatic N) is 4. The van der Waals surface area contributed by atoms with E-state index in [1.807, 2.05) is 6.92 Å². The van der Waals surface area contributed by atoms with E-state index >= 15 is 0 Å². The Balaban J connectivity index is 1.77. The highest BCUT2D eigenvalue weighted by Gasteiger charge is 2.34. The lowest BCUT2D eigenvalue weighted by molar-refractivity contribution is -0.136. The van der Waals surface area contributed by atoms with E-state index in [9.17, 15) is 22.4 Å². The Morgan fingerprint density at radius 3 is 2.41 bits per heavy atom. The molecule has 0 bridgehead atoms. The molecule has 0 saturated carbocycles. The first-order valence-corrected chi connectivity index (χ1v) is 9.69. The van der Waals surface area contributed by atoms with Crippen LogP contribution < -0.4 is 5.32 Å². The number of rotatable bonds is 4. The van der Waals surface area contributed by atoms with E-state index in [0.717, 1.165) is 12.1 Å². The van der Waals surface area contributed by atoms with Crippen molar-refractivity contribution in [1.29, 1.82) is 0 Å². The lowest BCUT2D eigenvalue weighted by Crippen LogP contribution is -2.20. The first kappa shape index (κ1) is 21.4. The minimum absolute atomic E-state index is 0.162. The Bertz CT molecular complexity index is 1310. The summed E-state index contributed by atoms with van der Waals surface area (Å²) in [5.41, 5.74) is 1.15. The van der Waals surface area contributed by atoms with Gasteiger partial charge in [-0.3, -0.25) is 4.79 Å².